The lowest BCUT2D eigenvalue weighted by molar-refractivity contribution is -0.116. The second-order valence-electron chi connectivity index (χ2n) is 5.73. The molecule has 1 aromatic rings. The Kier molecular flexibility index (Phi) is 3.90. The van der Waals surface area contributed by atoms with E-state index in [-0.39, 0.29) is 29.8 Å². The summed E-state index contributed by atoms with van der Waals surface area (Å²) in [5, 5.41) is 2.95. The van der Waals surface area contributed by atoms with E-state index >= 15 is 0 Å². The van der Waals surface area contributed by atoms with Gasteiger partial charge in [0.05, 0.1) is 11.4 Å². The van der Waals surface area contributed by atoms with E-state index in [1.807, 2.05) is 0 Å². The van der Waals surface area contributed by atoms with Gasteiger partial charge in [0.2, 0.25) is 15.9 Å². The van der Waals surface area contributed by atoms with Crippen LogP contribution >= 0.6 is 0 Å². The Hall–Kier alpha value is -1.89. The monoisotopic (exact) mass is 322 g/mol. The highest BCUT2D eigenvalue weighted by molar-refractivity contribution is 7.94. The number of carbonyl (C=O) groups is 2. The molecule has 22 heavy (non-hydrogen) atoms. The van der Waals surface area contributed by atoms with Gasteiger partial charge >= 0.3 is 0 Å². The zero-order chi connectivity index (χ0) is 15.7. The molecule has 0 aromatic heterocycles. The largest absolute Gasteiger partial charge is 0.349 e. The van der Waals surface area contributed by atoms with E-state index in [1.165, 1.54) is 12.1 Å². The smallest absolute Gasteiger partial charge is 0.251 e. The number of hydrogen-bond acceptors (Lipinski definition) is 4. The van der Waals surface area contributed by atoms with Gasteiger partial charge in [0.15, 0.2) is 0 Å². The molecule has 118 valence electrons. The Morgan fingerprint density at radius 3 is 2.59 bits per heavy atom. The SMILES string of the molecule is O=C(NC1CCCC1)c1cccc(N2C(=O)CCS2(=O)=O)c1. The fourth-order valence-corrected chi connectivity index (χ4v) is 4.43. The van der Waals surface area contributed by atoms with Crippen molar-refractivity contribution >= 4 is 27.5 Å². The van der Waals surface area contributed by atoms with Gasteiger partial charge < -0.3 is 5.32 Å². The molecule has 1 aromatic carbocycles. The van der Waals surface area contributed by atoms with Crippen LogP contribution in [0.1, 0.15) is 42.5 Å². The molecule has 0 bridgehead atoms. The molecule has 0 spiro atoms. The fourth-order valence-electron chi connectivity index (χ4n) is 2.98. The van der Waals surface area contributed by atoms with Crippen molar-refractivity contribution in [2.24, 2.45) is 0 Å². The van der Waals surface area contributed by atoms with Crippen molar-refractivity contribution in [3.8, 4) is 0 Å². The second kappa shape index (κ2) is 5.72. The Morgan fingerprint density at radius 2 is 1.95 bits per heavy atom. The van der Waals surface area contributed by atoms with E-state index in [1.54, 1.807) is 12.1 Å². The van der Waals surface area contributed by atoms with E-state index in [0.29, 0.717) is 5.56 Å². The highest BCUT2D eigenvalue weighted by Crippen LogP contribution is 2.26. The quantitative estimate of drug-likeness (QED) is 0.912. The standard InChI is InChI=1S/C15H18N2O4S/c18-14-8-9-22(20,21)17(14)13-7-3-4-11(10-13)15(19)16-12-5-1-2-6-12/h3-4,7,10,12H,1-2,5-6,8-9H2,(H,16,19). The Bertz CT molecular complexity index is 708. The van der Waals surface area contributed by atoms with Crippen molar-refractivity contribution in [3.05, 3.63) is 29.8 Å². The molecular weight excluding hydrogens is 304 g/mol. The van der Waals surface area contributed by atoms with Gasteiger partial charge in [-0.3, -0.25) is 9.59 Å². The van der Waals surface area contributed by atoms with Crippen LogP contribution in [0.5, 0.6) is 0 Å². The summed E-state index contributed by atoms with van der Waals surface area (Å²) >= 11 is 0. The predicted octanol–water partition coefficient (Wildman–Crippen LogP) is 1.43. The Labute approximate surface area is 129 Å². The summed E-state index contributed by atoms with van der Waals surface area (Å²) in [5.74, 6) is -0.851. The molecule has 6 nitrogen and oxygen atoms in total. The normalized spacial score (nSPS) is 21.3. The lowest BCUT2D eigenvalue weighted by atomic mass is 10.1. The summed E-state index contributed by atoms with van der Waals surface area (Å²) in [6.07, 6.45) is 4.17. The molecule has 1 aliphatic heterocycles. The molecule has 1 aliphatic carbocycles. The van der Waals surface area contributed by atoms with Crippen molar-refractivity contribution in [2.45, 2.75) is 38.1 Å². The molecular formula is C15H18N2O4S. The molecule has 0 radical (unpaired) electrons. The first-order valence-electron chi connectivity index (χ1n) is 7.44. The zero-order valence-electron chi connectivity index (χ0n) is 12.1. The first-order chi connectivity index (χ1) is 10.5. The molecule has 2 aliphatic rings. The lowest BCUT2D eigenvalue weighted by Gasteiger charge is -2.16. The first-order valence-corrected chi connectivity index (χ1v) is 9.05. The molecule has 1 N–H and O–H groups in total. The van der Waals surface area contributed by atoms with E-state index < -0.39 is 15.9 Å². The average Bonchev–Trinajstić information content (AvgIpc) is 3.07. The maximum absolute atomic E-state index is 12.2. The summed E-state index contributed by atoms with van der Waals surface area (Å²) in [5.41, 5.74) is 0.612. The Balaban J connectivity index is 1.83. The minimum Gasteiger partial charge on any atom is -0.349 e. The highest BCUT2D eigenvalue weighted by Gasteiger charge is 2.36. The highest BCUT2D eigenvalue weighted by atomic mass is 32.2. The van der Waals surface area contributed by atoms with Crippen molar-refractivity contribution in [1.82, 2.24) is 5.32 Å². The summed E-state index contributed by atoms with van der Waals surface area (Å²) in [7, 11) is -3.60. The van der Waals surface area contributed by atoms with Gasteiger partial charge in [-0.05, 0) is 31.0 Å². The van der Waals surface area contributed by atoms with Gasteiger partial charge in [-0.2, -0.15) is 0 Å². The van der Waals surface area contributed by atoms with Crippen molar-refractivity contribution < 1.29 is 18.0 Å². The maximum atomic E-state index is 12.2. The minimum atomic E-state index is -3.60. The van der Waals surface area contributed by atoms with Gasteiger partial charge in [0.1, 0.15) is 0 Å². The van der Waals surface area contributed by atoms with E-state index in [0.717, 1.165) is 30.0 Å². The van der Waals surface area contributed by atoms with Gasteiger partial charge in [0, 0.05) is 18.0 Å². The number of carbonyl (C=O) groups excluding carboxylic acids is 2. The van der Waals surface area contributed by atoms with Gasteiger partial charge in [-0.15, -0.1) is 0 Å². The fraction of sp³-hybridized carbons (Fsp3) is 0.467. The third kappa shape index (κ3) is 2.85. The van der Waals surface area contributed by atoms with Crippen LogP contribution in [-0.4, -0.2) is 32.0 Å². The number of hydrogen-bond donors (Lipinski definition) is 1. The summed E-state index contributed by atoms with van der Waals surface area (Å²) in [4.78, 5) is 24.0. The molecule has 0 atom stereocenters. The summed E-state index contributed by atoms with van der Waals surface area (Å²) in [6, 6.07) is 6.41. The van der Waals surface area contributed by atoms with Gasteiger partial charge in [-0.25, -0.2) is 12.7 Å². The summed E-state index contributed by atoms with van der Waals surface area (Å²) < 4.78 is 24.7. The number of nitrogens with zero attached hydrogens (tertiary/aromatic N) is 1. The van der Waals surface area contributed by atoms with Crippen molar-refractivity contribution in [3.63, 3.8) is 0 Å². The van der Waals surface area contributed by atoms with E-state index in [4.69, 9.17) is 0 Å². The number of sulfonamides is 1. The molecule has 7 heteroatoms. The van der Waals surface area contributed by atoms with Crippen molar-refractivity contribution in [1.29, 1.82) is 0 Å². The van der Waals surface area contributed by atoms with E-state index in [9.17, 15) is 18.0 Å². The lowest BCUT2D eigenvalue weighted by Crippen LogP contribution is -2.33. The second-order valence-corrected chi connectivity index (χ2v) is 7.67. The third-order valence-corrected chi connectivity index (χ3v) is 5.80. The molecule has 2 fully saturated rings. The number of nitrogens with one attached hydrogen (secondary N) is 1. The molecule has 0 unspecified atom stereocenters. The molecule has 1 saturated carbocycles. The van der Waals surface area contributed by atoms with Crippen molar-refractivity contribution in [2.75, 3.05) is 10.1 Å². The van der Waals surface area contributed by atoms with Crippen LogP contribution in [-0.2, 0) is 14.8 Å². The van der Waals surface area contributed by atoms with Crippen LogP contribution in [0.4, 0.5) is 5.69 Å². The zero-order valence-corrected chi connectivity index (χ0v) is 12.9. The number of amides is 2. The van der Waals surface area contributed by atoms with Gasteiger partial charge in [-0.1, -0.05) is 18.9 Å². The number of rotatable bonds is 3. The summed E-state index contributed by atoms with van der Waals surface area (Å²) in [6.45, 7) is 0. The molecule has 1 saturated heterocycles. The van der Waals surface area contributed by atoms with Crippen LogP contribution in [0.2, 0.25) is 0 Å². The molecule has 1 heterocycles. The van der Waals surface area contributed by atoms with Gasteiger partial charge in [0.25, 0.3) is 5.91 Å². The third-order valence-electron chi connectivity index (χ3n) is 4.11. The Morgan fingerprint density at radius 1 is 1.23 bits per heavy atom. The number of benzene rings is 1. The predicted molar refractivity (Wildman–Crippen MR) is 82.1 cm³/mol. The first kappa shape index (κ1) is 15.0. The average molecular weight is 322 g/mol. The maximum Gasteiger partial charge on any atom is 0.251 e. The van der Waals surface area contributed by atoms with E-state index in [2.05, 4.69) is 5.32 Å². The van der Waals surface area contributed by atoms with Crippen LogP contribution in [0, 0.1) is 0 Å². The topological polar surface area (TPSA) is 83.6 Å². The number of anilines is 1. The minimum absolute atomic E-state index is 0.0131. The van der Waals surface area contributed by atoms with Crippen LogP contribution in [0.15, 0.2) is 24.3 Å². The van der Waals surface area contributed by atoms with Crippen LogP contribution in [0.25, 0.3) is 0 Å². The van der Waals surface area contributed by atoms with Crippen LogP contribution < -0.4 is 9.62 Å². The van der Waals surface area contributed by atoms with Crippen LogP contribution in [0.3, 0.4) is 0 Å². The molecule has 3 rings (SSSR count). The molecule has 2 amide bonds.